The summed E-state index contributed by atoms with van der Waals surface area (Å²) >= 11 is 0. The Morgan fingerprint density at radius 1 is 1.36 bits per heavy atom. The van der Waals surface area contributed by atoms with Crippen molar-refractivity contribution in [3.63, 3.8) is 0 Å². The molecule has 0 fully saturated rings. The number of nitrogens with zero attached hydrogens (tertiary/aromatic N) is 2. The van der Waals surface area contributed by atoms with Crippen LogP contribution >= 0.6 is 0 Å². The summed E-state index contributed by atoms with van der Waals surface area (Å²) in [6.07, 6.45) is 0.442. The fraction of sp³-hybridized carbons (Fsp3) is 0.389. The van der Waals surface area contributed by atoms with Crippen LogP contribution in [-0.2, 0) is 9.53 Å². The van der Waals surface area contributed by atoms with Gasteiger partial charge in [0.05, 0.1) is 30.7 Å². The van der Waals surface area contributed by atoms with Crippen LogP contribution in [0.15, 0.2) is 35.5 Å². The molecule has 0 aliphatic carbocycles. The molecule has 0 bridgehead atoms. The van der Waals surface area contributed by atoms with E-state index < -0.39 is 12.0 Å². The Morgan fingerprint density at radius 2 is 2.04 bits per heavy atom. The molecule has 1 aromatic carbocycles. The minimum atomic E-state index is -0.564. The zero-order chi connectivity index (χ0) is 18.4. The summed E-state index contributed by atoms with van der Waals surface area (Å²) in [7, 11) is 1.91. The molecule has 1 aromatic rings. The Balaban J connectivity index is 2.28. The summed E-state index contributed by atoms with van der Waals surface area (Å²) in [5.41, 5.74) is 2.63. The number of carbonyl (C=O) groups excluding carboxylic acids is 2. The number of anilines is 1. The second-order valence-corrected chi connectivity index (χ2v) is 5.71. The summed E-state index contributed by atoms with van der Waals surface area (Å²) in [4.78, 5) is 26.1. The number of nitriles is 1. The number of esters is 1. The predicted molar refractivity (Wildman–Crippen MR) is 93.7 cm³/mol. The molecule has 0 spiro atoms. The van der Waals surface area contributed by atoms with E-state index in [0.29, 0.717) is 24.2 Å². The number of hydrogen-bond acceptors (Lipinski definition) is 5. The zero-order valence-corrected chi connectivity index (χ0v) is 14.6. The molecule has 2 rings (SSSR count). The van der Waals surface area contributed by atoms with Gasteiger partial charge in [-0.1, -0.05) is 12.1 Å². The smallest absolute Gasteiger partial charge is 0.338 e. The average molecular weight is 342 g/mol. The molecule has 1 atom stereocenters. The normalized spacial score (nSPS) is 16.6. The van der Waals surface area contributed by atoms with Crippen LogP contribution < -0.4 is 15.5 Å². The van der Waals surface area contributed by atoms with Gasteiger partial charge in [0.2, 0.25) is 0 Å². The molecular formula is C18H22N4O3. The molecular weight excluding hydrogens is 320 g/mol. The van der Waals surface area contributed by atoms with E-state index in [4.69, 9.17) is 10.00 Å². The molecule has 0 saturated carbocycles. The largest absolute Gasteiger partial charge is 0.463 e. The predicted octanol–water partition coefficient (Wildman–Crippen LogP) is 2.23. The van der Waals surface area contributed by atoms with Crippen molar-refractivity contribution in [2.75, 3.05) is 25.1 Å². The van der Waals surface area contributed by atoms with E-state index >= 15 is 0 Å². The first-order chi connectivity index (χ1) is 12.0. The van der Waals surface area contributed by atoms with Crippen molar-refractivity contribution >= 4 is 17.7 Å². The lowest BCUT2D eigenvalue weighted by molar-refractivity contribution is -0.139. The van der Waals surface area contributed by atoms with Gasteiger partial charge in [0, 0.05) is 25.0 Å². The van der Waals surface area contributed by atoms with Crippen molar-refractivity contribution < 1.29 is 14.3 Å². The third-order valence-corrected chi connectivity index (χ3v) is 3.99. The van der Waals surface area contributed by atoms with Crippen LogP contribution in [0.25, 0.3) is 0 Å². The Bertz CT molecular complexity index is 719. The van der Waals surface area contributed by atoms with Gasteiger partial charge in [0.15, 0.2) is 0 Å². The number of ether oxygens (including phenoxy) is 1. The maximum Gasteiger partial charge on any atom is 0.338 e. The highest BCUT2D eigenvalue weighted by atomic mass is 16.5. The van der Waals surface area contributed by atoms with Gasteiger partial charge in [0.25, 0.3) is 0 Å². The van der Waals surface area contributed by atoms with Gasteiger partial charge in [-0.2, -0.15) is 5.26 Å². The highest BCUT2D eigenvalue weighted by molar-refractivity contribution is 5.95. The van der Waals surface area contributed by atoms with E-state index in [1.165, 1.54) is 0 Å². The van der Waals surface area contributed by atoms with Crippen molar-refractivity contribution in [2.24, 2.45) is 0 Å². The fourth-order valence-electron chi connectivity index (χ4n) is 2.69. The maximum absolute atomic E-state index is 12.3. The van der Waals surface area contributed by atoms with Crippen LogP contribution in [-0.4, -0.2) is 32.2 Å². The van der Waals surface area contributed by atoms with Crippen molar-refractivity contribution in [2.45, 2.75) is 26.3 Å². The number of hydrogen-bond donors (Lipinski definition) is 2. The minimum absolute atomic E-state index is 0.263. The number of benzene rings is 1. The van der Waals surface area contributed by atoms with Crippen LogP contribution in [0.1, 0.15) is 31.9 Å². The molecule has 0 aromatic heterocycles. The SMILES string of the molecule is CCOC(=O)C1=C(C)NC(=O)N[C@H]1c1ccc(N(C)CCC#N)cc1. The van der Waals surface area contributed by atoms with E-state index in [2.05, 4.69) is 16.7 Å². The van der Waals surface area contributed by atoms with E-state index in [1.54, 1.807) is 13.8 Å². The summed E-state index contributed by atoms with van der Waals surface area (Å²) in [6.45, 7) is 4.32. The highest BCUT2D eigenvalue weighted by Crippen LogP contribution is 2.29. The van der Waals surface area contributed by atoms with Crippen LogP contribution in [0.2, 0.25) is 0 Å². The molecule has 1 heterocycles. The van der Waals surface area contributed by atoms with Crippen molar-refractivity contribution in [1.82, 2.24) is 10.6 Å². The molecule has 1 aliphatic rings. The van der Waals surface area contributed by atoms with Gasteiger partial charge in [-0.25, -0.2) is 9.59 Å². The Morgan fingerprint density at radius 3 is 2.64 bits per heavy atom. The standard InChI is InChI=1S/C18H22N4O3/c1-4-25-17(23)15-12(2)20-18(24)21-16(15)13-6-8-14(9-7-13)22(3)11-5-10-19/h6-9,16H,4-5,11H2,1-3H3,(H2,20,21,24)/t16-/m0/s1. The van der Waals surface area contributed by atoms with Gasteiger partial charge in [-0.05, 0) is 31.5 Å². The molecule has 0 unspecified atom stereocenters. The average Bonchev–Trinajstić information content (AvgIpc) is 2.59. The Kier molecular flexibility index (Phi) is 6.01. The maximum atomic E-state index is 12.3. The topological polar surface area (TPSA) is 94.5 Å². The zero-order valence-electron chi connectivity index (χ0n) is 14.6. The number of nitrogens with one attached hydrogen (secondary N) is 2. The number of carbonyl (C=O) groups is 2. The summed E-state index contributed by atoms with van der Waals surface area (Å²) in [5, 5.41) is 14.1. The van der Waals surface area contributed by atoms with Gasteiger partial charge in [-0.15, -0.1) is 0 Å². The van der Waals surface area contributed by atoms with E-state index in [1.807, 2.05) is 36.2 Å². The summed E-state index contributed by atoms with van der Waals surface area (Å²) in [6, 6.07) is 8.73. The first-order valence-corrected chi connectivity index (χ1v) is 8.11. The van der Waals surface area contributed by atoms with Gasteiger partial charge in [-0.3, -0.25) is 0 Å². The first-order valence-electron chi connectivity index (χ1n) is 8.11. The summed E-state index contributed by atoms with van der Waals surface area (Å²) < 4.78 is 5.12. The monoisotopic (exact) mass is 342 g/mol. The first kappa shape index (κ1) is 18.3. The highest BCUT2D eigenvalue weighted by Gasteiger charge is 2.32. The Labute approximate surface area is 147 Å². The molecule has 132 valence electrons. The molecule has 7 nitrogen and oxygen atoms in total. The minimum Gasteiger partial charge on any atom is -0.463 e. The van der Waals surface area contributed by atoms with E-state index in [0.717, 1.165) is 11.3 Å². The lowest BCUT2D eigenvalue weighted by Gasteiger charge is -2.28. The van der Waals surface area contributed by atoms with Crippen molar-refractivity contribution in [3.05, 3.63) is 41.1 Å². The Hall–Kier alpha value is -3.01. The van der Waals surface area contributed by atoms with Crippen molar-refractivity contribution in [1.29, 1.82) is 5.26 Å². The molecule has 1 aliphatic heterocycles. The second-order valence-electron chi connectivity index (χ2n) is 5.71. The van der Waals surface area contributed by atoms with Crippen molar-refractivity contribution in [3.8, 4) is 6.07 Å². The number of amides is 2. The molecule has 2 N–H and O–H groups in total. The third kappa shape index (κ3) is 4.29. The van der Waals surface area contributed by atoms with E-state index in [-0.39, 0.29) is 12.6 Å². The molecule has 7 heteroatoms. The number of rotatable bonds is 6. The van der Waals surface area contributed by atoms with Gasteiger partial charge >= 0.3 is 12.0 Å². The summed E-state index contributed by atoms with van der Waals surface area (Å²) in [5.74, 6) is -0.451. The quantitative estimate of drug-likeness (QED) is 0.773. The van der Waals surface area contributed by atoms with Crippen LogP contribution in [0.5, 0.6) is 0 Å². The number of allylic oxidation sites excluding steroid dienone is 1. The second kappa shape index (κ2) is 8.20. The third-order valence-electron chi connectivity index (χ3n) is 3.99. The van der Waals surface area contributed by atoms with Gasteiger partial charge in [0.1, 0.15) is 0 Å². The van der Waals surface area contributed by atoms with Gasteiger partial charge < -0.3 is 20.3 Å². The number of urea groups is 1. The molecule has 0 saturated heterocycles. The molecule has 0 radical (unpaired) electrons. The van der Waals surface area contributed by atoms with Crippen LogP contribution in [0, 0.1) is 11.3 Å². The van der Waals surface area contributed by atoms with Crippen LogP contribution in [0.4, 0.5) is 10.5 Å². The van der Waals surface area contributed by atoms with E-state index in [9.17, 15) is 9.59 Å². The lowest BCUT2D eigenvalue weighted by Crippen LogP contribution is -2.45. The fourth-order valence-corrected chi connectivity index (χ4v) is 2.69. The molecule has 2 amide bonds. The lowest BCUT2D eigenvalue weighted by atomic mass is 9.95. The molecule has 25 heavy (non-hydrogen) atoms. The van der Waals surface area contributed by atoms with Crippen LogP contribution in [0.3, 0.4) is 0 Å².